The molecule has 0 unspecified atom stereocenters. The van der Waals surface area contributed by atoms with Crippen LogP contribution in [0.5, 0.6) is 0 Å². The maximum absolute atomic E-state index is 6.33. The molecule has 47 heavy (non-hydrogen) atoms. The van der Waals surface area contributed by atoms with E-state index < -0.39 is 0 Å². The first-order chi connectivity index (χ1) is 23.1. The predicted molar refractivity (Wildman–Crippen MR) is 190 cm³/mol. The third kappa shape index (κ3) is 4.35. The molecule has 0 bridgehead atoms. The van der Waals surface area contributed by atoms with Crippen LogP contribution in [-0.4, -0.2) is 15.0 Å². The van der Waals surface area contributed by atoms with E-state index in [0.717, 1.165) is 55.6 Å². The van der Waals surface area contributed by atoms with E-state index in [1.54, 1.807) is 0 Å². The molecule has 8 aromatic rings. The molecule has 6 aromatic carbocycles. The smallest absolute Gasteiger partial charge is 0.238 e. The normalized spacial score (nSPS) is 13.4. The van der Waals surface area contributed by atoms with Crippen molar-refractivity contribution in [1.29, 1.82) is 0 Å². The van der Waals surface area contributed by atoms with Crippen molar-refractivity contribution in [2.45, 2.75) is 19.3 Å². The van der Waals surface area contributed by atoms with E-state index in [0.29, 0.717) is 17.6 Å². The van der Waals surface area contributed by atoms with E-state index >= 15 is 0 Å². The Kier molecular flexibility index (Phi) is 6.09. The van der Waals surface area contributed by atoms with Crippen molar-refractivity contribution in [3.63, 3.8) is 0 Å². The van der Waals surface area contributed by atoms with Crippen LogP contribution in [-0.2, 0) is 5.41 Å². The summed E-state index contributed by atoms with van der Waals surface area (Å²) in [6, 6.07) is 50.2. The Morgan fingerprint density at radius 3 is 1.74 bits per heavy atom. The second kappa shape index (κ2) is 10.5. The molecule has 0 aliphatic carbocycles. The maximum atomic E-state index is 6.33. The SMILES string of the molecule is CC1(C)c2ccccc2N(c2nc(-c3ccccc3)nc(-c3ccc(-c4cccc5c4oc4ccccc45)cc3)n2)c2ccccc21. The third-order valence-electron chi connectivity index (χ3n) is 9.35. The maximum Gasteiger partial charge on any atom is 0.238 e. The fraction of sp³-hybridized carbons (Fsp3) is 0.0714. The highest BCUT2D eigenvalue weighted by atomic mass is 16.3. The van der Waals surface area contributed by atoms with Gasteiger partial charge in [-0.25, -0.2) is 4.98 Å². The molecule has 0 atom stereocenters. The van der Waals surface area contributed by atoms with Crippen LogP contribution in [0.4, 0.5) is 17.3 Å². The molecule has 224 valence electrons. The van der Waals surface area contributed by atoms with Crippen molar-refractivity contribution < 1.29 is 4.42 Å². The zero-order valence-electron chi connectivity index (χ0n) is 26.1. The van der Waals surface area contributed by atoms with Crippen molar-refractivity contribution in [2.75, 3.05) is 4.90 Å². The highest BCUT2D eigenvalue weighted by molar-refractivity contribution is 6.09. The first kappa shape index (κ1) is 27.3. The molecule has 1 aliphatic rings. The number of fused-ring (bicyclic) bond motifs is 5. The van der Waals surface area contributed by atoms with E-state index in [9.17, 15) is 0 Å². The average Bonchev–Trinajstić information content (AvgIpc) is 3.51. The highest BCUT2D eigenvalue weighted by Gasteiger charge is 2.37. The summed E-state index contributed by atoms with van der Waals surface area (Å²) in [4.78, 5) is 17.5. The lowest BCUT2D eigenvalue weighted by Gasteiger charge is -2.40. The monoisotopic (exact) mass is 606 g/mol. The van der Waals surface area contributed by atoms with Crippen molar-refractivity contribution >= 4 is 39.3 Å². The van der Waals surface area contributed by atoms with Gasteiger partial charge in [0.25, 0.3) is 0 Å². The minimum absolute atomic E-state index is 0.180. The van der Waals surface area contributed by atoms with Gasteiger partial charge in [0.05, 0.1) is 11.4 Å². The Balaban J connectivity index is 1.20. The summed E-state index contributed by atoms with van der Waals surface area (Å²) in [5, 5.41) is 2.23. The summed E-state index contributed by atoms with van der Waals surface area (Å²) in [6.07, 6.45) is 0. The number of furan rings is 1. The fourth-order valence-corrected chi connectivity index (χ4v) is 6.97. The molecule has 0 saturated carbocycles. The largest absolute Gasteiger partial charge is 0.455 e. The molecule has 5 nitrogen and oxygen atoms in total. The lowest BCUT2D eigenvalue weighted by molar-refractivity contribution is 0.630. The van der Waals surface area contributed by atoms with Gasteiger partial charge in [0.1, 0.15) is 11.2 Å². The molecule has 9 rings (SSSR count). The second-order valence-corrected chi connectivity index (χ2v) is 12.5. The molecule has 5 heteroatoms. The second-order valence-electron chi connectivity index (χ2n) is 12.5. The number of hydrogen-bond donors (Lipinski definition) is 0. The van der Waals surface area contributed by atoms with E-state index in [1.807, 2.05) is 48.5 Å². The summed E-state index contributed by atoms with van der Waals surface area (Å²) < 4.78 is 6.33. The Hall–Kier alpha value is -6.07. The van der Waals surface area contributed by atoms with E-state index in [2.05, 4.69) is 116 Å². The number of rotatable bonds is 4. The molecule has 0 saturated heterocycles. The van der Waals surface area contributed by atoms with Gasteiger partial charge in [0.2, 0.25) is 5.95 Å². The van der Waals surface area contributed by atoms with Crippen LogP contribution >= 0.6 is 0 Å². The van der Waals surface area contributed by atoms with Crippen LogP contribution in [0.2, 0.25) is 0 Å². The van der Waals surface area contributed by atoms with Gasteiger partial charge in [-0.2, -0.15) is 9.97 Å². The average molecular weight is 607 g/mol. The molecule has 0 radical (unpaired) electrons. The van der Waals surface area contributed by atoms with Crippen LogP contribution in [0.15, 0.2) is 150 Å². The molecule has 0 amide bonds. The Morgan fingerprint density at radius 2 is 1.04 bits per heavy atom. The zero-order chi connectivity index (χ0) is 31.5. The molecular weight excluding hydrogens is 576 g/mol. The summed E-state index contributed by atoms with van der Waals surface area (Å²) in [5.74, 6) is 1.82. The lowest BCUT2D eigenvalue weighted by atomic mass is 9.74. The van der Waals surface area contributed by atoms with Crippen LogP contribution < -0.4 is 4.90 Å². The van der Waals surface area contributed by atoms with Gasteiger partial charge in [-0.05, 0) is 34.9 Å². The molecule has 2 aromatic heterocycles. The van der Waals surface area contributed by atoms with E-state index in [4.69, 9.17) is 19.4 Å². The number of anilines is 3. The summed E-state index contributed by atoms with van der Waals surface area (Å²) >= 11 is 0. The quantitative estimate of drug-likeness (QED) is 0.199. The van der Waals surface area contributed by atoms with Crippen molar-refractivity contribution in [3.8, 4) is 33.9 Å². The standard InChI is InChI=1S/C42H30N4O/c1-42(2)33-18-7-9-20-35(33)46(36-21-10-8-19-34(36)42)41-44-39(28-13-4-3-5-14-28)43-40(45-41)29-25-23-27(24-26-29)30-16-12-17-32-31-15-6-11-22-37(31)47-38(30)32/h3-26H,1-2H3. The first-order valence-corrected chi connectivity index (χ1v) is 15.9. The van der Waals surface area contributed by atoms with Gasteiger partial charge >= 0.3 is 0 Å². The van der Waals surface area contributed by atoms with Crippen molar-refractivity contribution in [3.05, 3.63) is 157 Å². The van der Waals surface area contributed by atoms with Crippen LogP contribution in [0, 0.1) is 0 Å². The number of aromatic nitrogens is 3. The minimum Gasteiger partial charge on any atom is -0.455 e. The molecule has 0 spiro atoms. The van der Waals surface area contributed by atoms with Crippen LogP contribution in [0.25, 0.3) is 55.8 Å². The van der Waals surface area contributed by atoms with Crippen LogP contribution in [0.1, 0.15) is 25.0 Å². The molecular formula is C42H30N4O. The van der Waals surface area contributed by atoms with Crippen molar-refractivity contribution in [1.82, 2.24) is 15.0 Å². The van der Waals surface area contributed by atoms with Gasteiger partial charge in [0.15, 0.2) is 11.6 Å². The Morgan fingerprint density at radius 1 is 0.489 bits per heavy atom. The summed E-state index contributed by atoms with van der Waals surface area (Å²) in [6.45, 7) is 4.56. The number of para-hydroxylation sites is 4. The number of hydrogen-bond acceptors (Lipinski definition) is 5. The Labute approximate surface area is 272 Å². The topological polar surface area (TPSA) is 55.1 Å². The van der Waals surface area contributed by atoms with Gasteiger partial charge in [-0.1, -0.05) is 141 Å². The number of benzene rings is 6. The lowest BCUT2D eigenvalue weighted by Crippen LogP contribution is -2.31. The van der Waals surface area contributed by atoms with Gasteiger partial charge in [-0.15, -0.1) is 0 Å². The molecule has 3 heterocycles. The van der Waals surface area contributed by atoms with Crippen molar-refractivity contribution in [2.24, 2.45) is 0 Å². The third-order valence-corrected chi connectivity index (χ3v) is 9.35. The highest BCUT2D eigenvalue weighted by Crippen LogP contribution is 2.51. The fourth-order valence-electron chi connectivity index (χ4n) is 6.97. The first-order valence-electron chi connectivity index (χ1n) is 15.9. The minimum atomic E-state index is -0.180. The zero-order valence-corrected chi connectivity index (χ0v) is 26.1. The Bertz CT molecular complexity index is 2400. The summed E-state index contributed by atoms with van der Waals surface area (Å²) in [5.41, 5.74) is 10.2. The van der Waals surface area contributed by atoms with Gasteiger partial charge in [0, 0.05) is 32.9 Å². The van der Waals surface area contributed by atoms with E-state index in [1.165, 1.54) is 11.1 Å². The summed E-state index contributed by atoms with van der Waals surface area (Å²) in [7, 11) is 0. The predicted octanol–water partition coefficient (Wildman–Crippen LogP) is 10.9. The van der Waals surface area contributed by atoms with Crippen LogP contribution in [0.3, 0.4) is 0 Å². The van der Waals surface area contributed by atoms with Gasteiger partial charge in [-0.3, -0.25) is 4.90 Å². The van der Waals surface area contributed by atoms with E-state index in [-0.39, 0.29) is 5.41 Å². The number of nitrogens with zero attached hydrogens (tertiary/aromatic N) is 4. The molecule has 1 aliphatic heterocycles. The molecule has 0 N–H and O–H groups in total. The van der Waals surface area contributed by atoms with Gasteiger partial charge < -0.3 is 4.42 Å². The molecule has 0 fully saturated rings.